The fourth-order valence-corrected chi connectivity index (χ4v) is 2.18. The SMILES string of the molecule is Cc1csc(C(N)=O)c1-c1cn[nH]n1. The molecule has 0 saturated heterocycles. The van der Waals surface area contributed by atoms with Gasteiger partial charge < -0.3 is 5.73 Å². The molecule has 2 aromatic rings. The van der Waals surface area contributed by atoms with Gasteiger partial charge in [0, 0.05) is 5.56 Å². The number of carbonyl (C=O) groups excluding carboxylic acids is 1. The number of rotatable bonds is 2. The first kappa shape index (κ1) is 8.89. The number of hydrogen-bond donors (Lipinski definition) is 2. The van der Waals surface area contributed by atoms with E-state index in [2.05, 4.69) is 15.4 Å². The molecule has 2 rings (SSSR count). The van der Waals surface area contributed by atoms with Crippen LogP contribution in [0, 0.1) is 6.92 Å². The monoisotopic (exact) mass is 208 g/mol. The van der Waals surface area contributed by atoms with Gasteiger partial charge in [-0.25, -0.2) is 0 Å². The normalized spacial score (nSPS) is 10.4. The standard InChI is InChI=1S/C8H8N4OS/c1-4-3-14-7(8(9)13)6(4)5-2-10-12-11-5/h2-3H,1H3,(H2,9,13)(H,10,11,12). The maximum Gasteiger partial charge on any atom is 0.259 e. The van der Waals surface area contributed by atoms with E-state index in [4.69, 9.17) is 5.73 Å². The van der Waals surface area contributed by atoms with Crippen molar-refractivity contribution in [2.24, 2.45) is 5.73 Å². The Balaban J connectivity index is 2.62. The molecule has 0 aliphatic carbocycles. The van der Waals surface area contributed by atoms with Crippen molar-refractivity contribution in [1.29, 1.82) is 0 Å². The first-order chi connectivity index (χ1) is 6.70. The van der Waals surface area contributed by atoms with Gasteiger partial charge >= 0.3 is 0 Å². The molecule has 0 fully saturated rings. The minimum absolute atomic E-state index is 0.430. The highest BCUT2D eigenvalue weighted by Gasteiger charge is 2.16. The number of nitrogens with one attached hydrogen (secondary N) is 1. The van der Waals surface area contributed by atoms with Crippen LogP contribution in [0.25, 0.3) is 11.3 Å². The molecule has 2 aromatic heterocycles. The van der Waals surface area contributed by atoms with Crippen LogP contribution in [0.1, 0.15) is 15.2 Å². The lowest BCUT2D eigenvalue weighted by Crippen LogP contribution is -2.10. The van der Waals surface area contributed by atoms with Crippen molar-refractivity contribution < 1.29 is 4.79 Å². The number of thiophene rings is 1. The second-order valence-corrected chi connectivity index (χ2v) is 3.72. The highest BCUT2D eigenvalue weighted by atomic mass is 32.1. The third-order valence-electron chi connectivity index (χ3n) is 1.87. The summed E-state index contributed by atoms with van der Waals surface area (Å²) in [6.07, 6.45) is 1.57. The summed E-state index contributed by atoms with van der Waals surface area (Å²) >= 11 is 1.33. The van der Waals surface area contributed by atoms with Crippen LogP contribution < -0.4 is 5.73 Å². The van der Waals surface area contributed by atoms with Crippen molar-refractivity contribution in [3.8, 4) is 11.3 Å². The van der Waals surface area contributed by atoms with Crippen molar-refractivity contribution in [3.63, 3.8) is 0 Å². The fraction of sp³-hybridized carbons (Fsp3) is 0.125. The van der Waals surface area contributed by atoms with Gasteiger partial charge in [0.2, 0.25) is 0 Å². The van der Waals surface area contributed by atoms with Crippen molar-refractivity contribution in [3.05, 3.63) is 22.0 Å². The molecule has 0 unspecified atom stereocenters. The zero-order valence-electron chi connectivity index (χ0n) is 7.44. The molecule has 2 heterocycles. The number of H-pyrrole nitrogens is 1. The fourth-order valence-electron chi connectivity index (χ4n) is 1.27. The summed E-state index contributed by atoms with van der Waals surface area (Å²) < 4.78 is 0. The molecule has 0 aliphatic rings. The molecule has 0 spiro atoms. The van der Waals surface area contributed by atoms with Crippen LogP contribution in [0.5, 0.6) is 0 Å². The number of carbonyl (C=O) groups is 1. The molecular formula is C8H8N4OS. The third-order valence-corrected chi connectivity index (χ3v) is 2.98. The van der Waals surface area contributed by atoms with Gasteiger partial charge in [0.15, 0.2) is 0 Å². The van der Waals surface area contributed by atoms with Crippen LogP contribution in [0.3, 0.4) is 0 Å². The zero-order chi connectivity index (χ0) is 10.1. The van der Waals surface area contributed by atoms with Gasteiger partial charge in [-0.1, -0.05) is 0 Å². The van der Waals surface area contributed by atoms with E-state index in [0.29, 0.717) is 10.6 Å². The van der Waals surface area contributed by atoms with Gasteiger partial charge in [-0.05, 0) is 17.9 Å². The quantitative estimate of drug-likeness (QED) is 0.770. The van der Waals surface area contributed by atoms with E-state index in [9.17, 15) is 4.79 Å². The van der Waals surface area contributed by atoms with E-state index in [0.717, 1.165) is 11.1 Å². The van der Waals surface area contributed by atoms with Crippen LogP contribution >= 0.6 is 11.3 Å². The number of nitrogens with zero attached hydrogens (tertiary/aromatic N) is 2. The minimum atomic E-state index is -0.430. The number of hydrogen-bond acceptors (Lipinski definition) is 4. The lowest BCUT2D eigenvalue weighted by atomic mass is 10.1. The molecule has 0 aliphatic heterocycles. The molecule has 6 heteroatoms. The van der Waals surface area contributed by atoms with Gasteiger partial charge in [-0.3, -0.25) is 4.79 Å². The third kappa shape index (κ3) is 1.29. The number of primary amides is 1. The number of aromatic amines is 1. The summed E-state index contributed by atoms with van der Waals surface area (Å²) in [6, 6.07) is 0. The van der Waals surface area contributed by atoms with Gasteiger partial charge in [-0.15, -0.1) is 11.3 Å². The number of nitrogens with two attached hydrogens (primary N) is 1. The summed E-state index contributed by atoms with van der Waals surface area (Å²) in [6.45, 7) is 1.91. The Kier molecular flexibility index (Phi) is 2.05. The van der Waals surface area contributed by atoms with E-state index >= 15 is 0 Å². The molecule has 0 atom stereocenters. The van der Waals surface area contributed by atoms with Crippen molar-refractivity contribution >= 4 is 17.2 Å². The Bertz CT molecular complexity index is 460. The van der Waals surface area contributed by atoms with Crippen molar-refractivity contribution in [2.75, 3.05) is 0 Å². The van der Waals surface area contributed by atoms with Crippen molar-refractivity contribution in [2.45, 2.75) is 6.92 Å². The Labute approximate surface area is 83.9 Å². The molecule has 0 radical (unpaired) electrons. The van der Waals surface area contributed by atoms with E-state index in [1.807, 2.05) is 12.3 Å². The smallest absolute Gasteiger partial charge is 0.259 e. The summed E-state index contributed by atoms with van der Waals surface area (Å²) in [5, 5.41) is 12.0. The van der Waals surface area contributed by atoms with E-state index in [1.54, 1.807) is 6.20 Å². The highest BCUT2D eigenvalue weighted by molar-refractivity contribution is 7.12. The molecule has 0 bridgehead atoms. The highest BCUT2D eigenvalue weighted by Crippen LogP contribution is 2.30. The lowest BCUT2D eigenvalue weighted by molar-refractivity contribution is 0.100. The number of aryl methyl sites for hydroxylation is 1. The van der Waals surface area contributed by atoms with Gasteiger partial charge in [0.05, 0.1) is 6.20 Å². The van der Waals surface area contributed by atoms with Crippen molar-refractivity contribution in [1.82, 2.24) is 15.4 Å². The van der Waals surface area contributed by atoms with Gasteiger partial charge in [0.1, 0.15) is 10.6 Å². The van der Waals surface area contributed by atoms with Crippen LogP contribution in [-0.2, 0) is 0 Å². The summed E-state index contributed by atoms with van der Waals surface area (Å²) in [5.41, 5.74) is 7.66. The second kappa shape index (κ2) is 3.22. The minimum Gasteiger partial charge on any atom is -0.365 e. The summed E-state index contributed by atoms with van der Waals surface area (Å²) in [5.74, 6) is -0.430. The maximum absolute atomic E-state index is 11.1. The van der Waals surface area contributed by atoms with Crippen LogP contribution in [-0.4, -0.2) is 21.3 Å². The maximum atomic E-state index is 11.1. The Morgan fingerprint density at radius 2 is 2.43 bits per heavy atom. The Hall–Kier alpha value is -1.69. The Morgan fingerprint density at radius 1 is 1.64 bits per heavy atom. The second-order valence-electron chi connectivity index (χ2n) is 2.84. The lowest BCUT2D eigenvalue weighted by Gasteiger charge is -1.96. The predicted octanol–water partition coefficient (Wildman–Crippen LogP) is 0.941. The molecule has 0 aromatic carbocycles. The molecule has 3 N–H and O–H groups in total. The Morgan fingerprint density at radius 3 is 3.00 bits per heavy atom. The zero-order valence-corrected chi connectivity index (χ0v) is 8.26. The summed E-state index contributed by atoms with van der Waals surface area (Å²) in [4.78, 5) is 11.6. The van der Waals surface area contributed by atoms with Crippen LogP contribution in [0.15, 0.2) is 11.6 Å². The van der Waals surface area contributed by atoms with Gasteiger partial charge in [-0.2, -0.15) is 15.4 Å². The molecular weight excluding hydrogens is 200 g/mol. The van der Waals surface area contributed by atoms with Crippen LogP contribution in [0.4, 0.5) is 0 Å². The number of aromatic nitrogens is 3. The first-order valence-corrected chi connectivity index (χ1v) is 4.82. The first-order valence-electron chi connectivity index (χ1n) is 3.94. The topological polar surface area (TPSA) is 84.7 Å². The molecule has 5 nitrogen and oxygen atoms in total. The van der Waals surface area contributed by atoms with E-state index in [1.165, 1.54) is 11.3 Å². The molecule has 0 saturated carbocycles. The van der Waals surface area contributed by atoms with Gasteiger partial charge in [0.25, 0.3) is 5.91 Å². The molecule has 14 heavy (non-hydrogen) atoms. The molecule has 1 amide bonds. The number of amides is 1. The average molecular weight is 208 g/mol. The molecule has 72 valence electrons. The van der Waals surface area contributed by atoms with Crippen LogP contribution in [0.2, 0.25) is 0 Å². The average Bonchev–Trinajstić information content (AvgIpc) is 2.71. The van der Waals surface area contributed by atoms with E-state index in [-0.39, 0.29) is 0 Å². The van der Waals surface area contributed by atoms with E-state index < -0.39 is 5.91 Å². The summed E-state index contributed by atoms with van der Waals surface area (Å²) in [7, 11) is 0. The largest absolute Gasteiger partial charge is 0.365 e. The predicted molar refractivity (Wildman–Crippen MR) is 53.0 cm³/mol.